The Kier molecular flexibility index (Phi) is 6.17. The van der Waals surface area contributed by atoms with Crippen molar-refractivity contribution < 1.29 is 9.84 Å². The Morgan fingerprint density at radius 2 is 1.63 bits per heavy atom. The maximum Gasteiger partial charge on any atom is 0.228 e. The van der Waals surface area contributed by atoms with E-state index in [1.807, 2.05) is 30.3 Å². The van der Waals surface area contributed by atoms with Crippen molar-refractivity contribution >= 4 is 5.82 Å². The highest BCUT2D eigenvalue weighted by atomic mass is 16.5. The van der Waals surface area contributed by atoms with Gasteiger partial charge >= 0.3 is 0 Å². The lowest BCUT2D eigenvalue weighted by atomic mass is 10.0. The summed E-state index contributed by atoms with van der Waals surface area (Å²) in [5, 5.41) is 10.4. The summed E-state index contributed by atoms with van der Waals surface area (Å²) in [6, 6.07) is 15.3. The fraction of sp³-hybridized carbons (Fsp3) is 0.360. The number of fused-ring (bicyclic) bond motifs is 2. The zero-order valence-corrected chi connectivity index (χ0v) is 17.8. The average molecular weight is 404 g/mol. The molecule has 4 rings (SSSR count). The van der Waals surface area contributed by atoms with Crippen LogP contribution in [0, 0.1) is 0 Å². The predicted molar refractivity (Wildman–Crippen MR) is 120 cm³/mol. The first kappa shape index (κ1) is 20.2. The number of anilines is 1. The summed E-state index contributed by atoms with van der Waals surface area (Å²) in [6.07, 6.45) is 5.21. The van der Waals surface area contributed by atoms with Gasteiger partial charge in [-0.2, -0.15) is 4.98 Å². The second-order valence-electron chi connectivity index (χ2n) is 7.75. The number of ether oxygens (including phenoxy) is 1. The molecule has 1 aliphatic heterocycles. The molecule has 0 radical (unpaired) electrons. The van der Waals surface area contributed by atoms with E-state index in [1.165, 1.54) is 0 Å². The Morgan fingerprint density at radius 1 is 0.933 bits per heavy atom. The number of nitrogens with zero attached hydrogens (tertiary/aromatic N) is 3. The molecular weight excluding hydrogens is 374 g/mol. The molecule has 1 N–H and O–H groups in total. The number of hydrogen-bond donors (Lipinski definition) is 1. The van der Waals surface area contributed by atoms with Crippen molar-refractivity contribution in [2.75, 3.05) is 18.0 Å². The van der Waals surface area contributed by atoms with Crippen molar-refractivity contribution in [2.45, 2.75) is 46.0 Å². The van der Waals surface area contributed by atoms with E-state index < -0.39 is 0 Å². The Balaban J connectivity index is 1.84. The largest absolute Gasteiger partial charge is 0.507 e. The molecule has 3 aromatic rings. The zero-order valence-electron chi connectivity index (χ0n) is 17.8. The fourth-order valence-electron chi connectivity index (χ4n) is 3.80. The first-order valence-electron chi connectivity index (χ1n) is 10.9. The van der Waals surface area contributed by atoms with Crippen molar-refractivity contribution in [3.63, 3.8) is 0 Å². The van der Waals surface area contributed by atoms with Crippen molar-refractivity contribution in [2.24, 2.45) is 0 Å². The van der Waals surface area contributed by atoms with Gasteiger partial charge in [0.15, 0.2) is 5.82 Å². The molecule has 0 bridgehead atoms. The average Bonchev–Trinajstić information content (AvgIpc) is 2.77. The quantitative estimate of drug-likeness (QED) is 0.394. The second kappa shape index (κ2) is 9.16. The first-order chi connectivity index (χ1) is 14.7. The van der Waals surface area contributed by atoms with Crippen LogP contribution in [0.1, 0.15) is 50.7 Å². The number of para-hydroxylation sites is 2. The van der Waals surface area contributed by atoms with Crippen LogP contribution in [0.25, 0.3) is 11.4 Å². The van der Waals surface area contributed by atoms with Crippen LogP contribution in [0.15, 0.2) is 48.5 Å². The lowest BCUT2D eigenvalue weighted by molar-refractivity contribution is 0.438. The van der Waals surface area contributed by atoms with E-state index >= 15 is 0 Å². The van der Waals surface area contributed by atoms with Gasteiger partial charge in [0, 0.05) is 19.5 Å². The molecule has 0 unspecified atom stereocenters. The monoisotopic (exact) mass is 403 g/mol. The van der Waals surface area contributed by atoms with Gasteiger partial charge in [-0.25, -0.2) is 4.98 Å². The smallest absolute Gasteiger partial charge is 0.228 e. The van der Waals surface area contributed by atoms with E-state index in [-0.39, 0.29) is 5.75 Å². The molecule has 2 heterocycles. The molecular formula is C25H29N3O2. The molecule has 0 saturated carbocycles. The topological polar surface area (TPSA) is 58.5 Å². The van der Waals surface area contributed by atoms with Crippen molar-refractivity contribution in [1.82, 2.24) is 9.97 Å². The number of phenolic OH excluding ortho intramolecular Hbond substituents is 1. The van der Waals surface area contributed by atoms with E-state index in [2.05, 4.69) is 24.8 Å². The van der Waals surface area contributed by atoms with Crippen LogP contribution < -0.4 is 9.64 Å². The molecule has 0 amide bonds. The van der Waals surface area contributed by atoms with E-state index in [0.29, 0.717) is 17.3 Å². The molecule has 5 nitrogen and oxygen atoms in total. The van der Waals surface area contributed by atoms with Crippen molar-refractivity contribution in [1.29, 1.82) is 0 Å². The summed E-state index contributed by atoms with van der Waals surface area (Å²) < 4.78 is 6.22. The molecule has 2 aromatic carbocycles. The molecule has 0 saturated heterocycles. The Morgan fingerprint density at radius 3 is 2.37 bits per heavy atom. The highest BCUT2D eigenvalue weighted by molar-refractivity contribution is 5.68. The molecule has 1 aromatic heterocycles. The molecule has 5 heteroatoms. The van der Waals surface area contributed by atoms with Crippen LogP contribution >= 0.6 is 0 Å². The minimum Gasteiger partial charge on any atom is -0.507 e. The zero-order chi connectivity index (χ0) is 20.9. The molecule has 0 spiro atoms. The van der Waals surface area contributed by atoms with Gasteiger partial charge in [-0.15, -0.1) is 0 Å². The number of unbranched alkanes of at least 4 members (excludes halogenated alkanes) is 2. The van der Waals surface area contributed by atoms with Crippen molar-refractivity contribution in [3.05, 3.63) is 59.7 Å². The van der Waals surface area contributed by atoms with E-state index in [9.17, 15) is 5.11 Å². The van der Waals surface area contributed by atoms with E-state index in [1.54, 1.807) is 12.1 Å². The lowest BCUT2D eigenvalue weighted by Crippen LogP contribution is -2.29. The second-order valence-corrected chi connectivity index (χ2v) is 7.75. The van der Waals surface area contributed by atoms with Gasteiger partial charge in [-0.05, 0) is 36.6 Å². The SMILES string of the molecule is CCCCN(CCCC)c1nc(-c2ccccc2O)nc2c1Cc1ccccc1O2. The molecule has 30 heavy (non-hydrogen) atoms. The van der Waals surface area contributed by atoms with E-state index in [4.69, 9.17) is 14.7 Å². The highest BCUT2D eigenvalue weighted by Crippen LogP contribution is 2.41. The molecule has 0 aliphatic carbocycles. The van der Waals surface area contributed by atoms with Gasteiger partial charge in [0.2, 0.25) is 5.88 Å². The minimum absolute atomic E-state index is 0.174. The lowest BCUT2D eigenvalue weighted by Gasteiger charge is -2.29. The number of phenols is 1. The third-order valence-electron chi connectivity index (χ3n) is 5.50. The van der Waals surface area contributed by atoms with Gasteiger partial charge < -0.3 is 14.7 Å². The molecule has 1 aliphatic rings. The van der Waals surface area contributed by atoms with E-state index in [0.717, 1.165) is 67.9 Å². The van der Waals surface area contributed by atoms with Crippen LogP contribution in [-0.4, -0.2) is 28.2 Å². The summed E-state index contributed by atoms with van der Waals surface area (Å²) in [5.74, 6) is 3.03. The normalized spacial score (nSPS) is 12.1. The minimum atomic E-state index is 0.174. The van der Waals surface area contributed by atoms with Crippen LogP contribution in [0.4, 0.5) is 5.82 Å². The van der Waals surface area contributed by atoms with Crippen LogP contribution in [0.3, 0.4) is 0 Å². The maximum atomic E-state index is 10.4. The van der Waals surface area contributed by atoms with Crippen LogP contribution in [-0.2, 0) is 6.42 Å². The standard InChI is InChI=1S/C25H29N3O2/c1-3-5-15-28(16-6-4-2)24-20-17-18-11-7-10-14-22(18)30-25(20)27-23(26-24)19-12-8-9-13-21(19)29/h7-14,29H,3-6,15-17H2,1-2H3. The number of aromatic nitrogens is 2. The number of benzene rings is 2. The number of aromatic hydroxyl groups is 1. The van der Waals surface area contributed by atoms with Crippen molar-refractivity contribution in [3.8, 4) is 28.8 Å². The summed E-state index contributed by atoms with van der Waals surface area (Å²) in [6.45, 7) is 6.31. The molecule has 0 fully saturated rings. The summed E-state index contributed by atoms with van der Waals surface area (Å²) in [7, 11) is 0. The van der Waals surface area contributed by atoms with Gasteiger partial charge in [0.1, 0.15) is 17.3 Å². The third-order valence-corrected chi connectivity index (χ3v) is 5.50. The molecule has 156 valence electrons. The van der Waals surface area contributed by atoms with Gasteiger partial charge in [-0.1, -0.05) is 57.0 Å². The Labute approximate surface area is 178 Å². The maximum absolute atomic E-state index is 10.4. The van der Waals surface area contributed by atoms with Crippen LogP contribution in [0.2, 0.25) is 0 Å². The van der Waals surface area contributed by atoms with Gasteiger partial charge in [-0.3, -0.25) is 0 Å². The summed E-state index contributed by atoms with van der Waals surface area (Å²) >= 11 is 0. The fourth-order valence-corrected chi connectivity index (χ4v) is 3.80. The highest BCUT2D eigenvalue weighted by Gasteiger charge is 2.26. The number of hydrogen-bond acceptors (Lipinski definition) is 5. The summed E-state index contributed by atoms with van der Waals surface area (Å²) in [4.78, 5) is 12.1. The Bertz CT molecular complexity index is 1010. The van der Waals surface area contributed by atoms with Gasteiger partial charge in [0.25, 0.3) is 0 Å². The predicted octanol–water partition coefficient (Wildman–Crippen LogP) is 5.95. The third kappa shape index (κ3) is 4.11. The first-order valence-corrected chi connectivity index (χ1v) is 10.9. The van der Waals surface area contributed by atoms with Gasteiger partial charge in [0.05, 0.1) is 11.1 Å². The Hall–Kier alpha value is -3.08. The number of rotatable bonds is 8. The molecule has 0 atom stereocenters. The summed E-state index contributed by atoms with van der Waals surface area (Å²) in [5.41, 5.74) is 2.80. The van der Waals surface area contributed by atoms with Crippen LogP contribution in [0.5, 0.6) is 17.4 Å².